The molecule has 1 aromatic rings. The second kappa shape index (κ2) is 7.94. The summed E-state index contributed by atoms with van der Waals surface area (Å²) in [6.07, 6.45) is 3.53. The minimum absolute atomic E-state index is 0.127. The first-order valence-corrected chi connectivity index (χ1v) is 10.5. The van der Waals surface area contributed by atoms with E-state index in [0.29, 0.717) is 38.4 Å². The van der Waals surface area contributed by atoms with Crippen LogP contribution in [-0.2, 0) is 19.6 Å². The fraction of sp³-hybridized carbons (Fsp3) is 0.611. The molecule has 26 heavy (non-hydrogen) atoms. The first-order valence-electron chi connectivity index (χ1n) is 9.10. The number of amides is 1. The van der Waals surface area contributed by atoms with Gasteiger partial charge in [-0.05, 0) is 37.5 Å². The first kappa shape index (κ1) is 19.1. The van der Waals surface area contributed by atoms with Crippen LogP contribution in [0.2, 0.25) is 0 Å². The number of hydrogen-bond donors (Lipinski definition) is 1. The van der Waals surface area contributed by atoms with Crippen molar-refractivity contribution >= 4 is 27.3 Å². The topological polar surface area (TPSA) is 79.0 Å². The number of rotatable bonds is 5. The largest absolute Gasteiger partial charge is 0.381 e. The average molecular weight is 381 g/mol. The normalized spacial score (nSPS) is 21.5. The summed E-state index contributed by atoms with van der Waals surface area (Å²) in [5.41, 5.74) is 1.29. The summed E-state index contributed by atoms with van der Waals surface area (Å²) in [5, 5.41) is 2.91. The molecular weight excluding hydrogens is 354 g/mol. The predicted octanol–water partition coefficient (Wildman–Crippen LogP) is 1.90. The van der Waals surface area contributed by atoms with Crippen molar-refractivity contribution in [2.24, 2.45) is 5.92 Å². The molecule has 0 bridgehead atoms. The van der Waals surface area contributed by atoms with Crippen molar-refractivity contribution in [3.05, 3.63) is 18.2 Å². The summed E-state index contributed by atoms with van der Waals surface area (Å²) < 4.78 is 32.7. The number of sulfonamides is 1. The fourth-order valence-corrected chi connectivity index (χ4v) is 4.94. The molecule has 144 valence electrons. The van der Waals surface area contributed by atoms with Crippen LogP contribution in [0.15, 0.2) is 23.1 Å². The number of benzene rings is 1. The molecule has 2 aliphatic rings. The Morgan fingerprint density at radius 3 is 2.58 bits per heavy atom. The predicted molar refractivity (Wildman–Crippen MR) is 101 cm³/mol. The van der Waals surface area contributed by atoms with Crippen LogP contribution in [0.3, 0.4) is 0 Å². The quantitative estimate of drug-likeness (QED) is 0.843. The Hall–Kier alpha value is -1.64. The van der Waals surface area contributed by atoms with E-state index in [1.165, 1.54) is 4.31 Å². The number of nitrogens with zero attached hydrogens (tertiary/aromatic N) is 2. The number of carbonyl (C=O) groups excluding carboxylic acids is 1. The van der Waals surface area contributed by atoms with Crippen LogP contribution in [0.5, 0.6) is 0 Å². The molecule has 2 fully saturated rings. The Balaban J connectivity index is 1.89. The lowest BCUT2D eigenvalue weighted by atomic mass is 10.1. The SMILES string of the molecule is CN(C)c1ccc(S(=O)(=O)N2CCCCC2)cc1NC(=O)C1CCOC1. The van der Waals surface area contributed by atoms with E-state index in [0.717, 1.165) is 24.9 Å². The van der Waals surface area contributed by atoms with Crippen LogP contribution in [0.1, 0.15) is 25.7 Å². The van der Waals surface area contributed by atoms with Crippen LogP contribution in [-0.4, -0.2) is 59.0 Å². The van der Waals surface area contributed by atoms with Gasteiger partial charge < -0.3 is 15.0 Å². The second-order valence-corrected chi connectivity index (χ2v) is 9.03. The van der Waals surface area contributed by atoms with Gasteiger partial charge in [-0.1, -0.05) is 6.42 Å². The van der Waals surface area contributed by atoms with Crippen LogP contribution < -0.4 is 10.2 Å². The number of anilines is 2. The summed E-state index contributed by atoms with van der Waals surface area (Å²) in [4.78, 5) is 14.6. The summed E-state index contributed by atoms with van der Waals surface area (Å²) in [7, 11) is 0.184. The number of ether oxygens (including phenoxy) is 1. The van der Waals surface area contributed by atoms with E-state index in [4.69, 9.17) is 4.74 Å². The van der Waals surface area contributed by atoms with Crippen LogP contribution in [0.4, 0.5) is 11.4 Å². The van der Waals surface area contributed by atoms with Gasteiger partial charge in [0, 0.05) is 33.8 Å². The van der Waals surface area contributed by atoms with E-state index in [2.05, 4.69) is 5.32 Å². The molecule has 8 heteroatoms. The molecule has 1 aromatic carbocycles. The van der Waals surface area contributed by atoms with Crippen LogP contribution in [0, 0.1) is 5.92 Å². The highest BCUT2D eigenvalue weighted by atomic mass is 32.2. The van der Waals surface area contributed by atoms with E-state index < -0.39 is 10.0 Å². The third-order valence-corrected chi connectivity index (χ3v) is 6.86. The average Bonchev–Trinajstić information content (AvgIpc) is 3.17. The molecule has 0 aromatic heterocycles. The smallest absolute Gasteiger partial charge is 0.243 e. The standard InChI is InChI=1S/C18H27N3O4S/c1-20(2)17-7-6-15(26(23,24)21-9-4-3-5-10-21)12-16(17)19-18(22)14-8-11-25-13-14/h6-7,12,14H,3-5,8-11,13H2,1-2H3,(H,19,22). The van der Waals surface area contributed by atoms with Crippen molar-refractivity contribution in [3.8, 4) is 0 Å². The molecule has 1 amide bonds. The molecule has 2 aliphatic heterocycles. The van der Waals surface area contributed by atoms with Gasteiger partial charge in [0.25, 0.3) is 0 Å². The highest BCUT2D eigenvalue weighted by molar-refractivity contribution is 7.89. The minimum Gasteiger partial charge on any atom is -0.381 e. The lowest BCUT2D eigenvalue weighted by Gasteiger charge is -2.27. The lowest BCUT2D eigenvalue weighted by Crippen LogP contribution is -2.35. The zero-order valence-corrected chi connectivity index (χ0v) is 16.2. The zero-order chi connectivity index (χ0) is 18.7. The number of hydrogen-bond acceptors (Lipinski definition) is 5. The maximum atomic E-state index is 12.9. The number of carbonyl (C=O) groups is 1. The Kier molecular flexibility index (Phi) is 5.84. The van der Waals surface area contributed by atoms with E-state index in [9.17, 15) is 13.2 Å². The summed E-state index contributed by atoms with van der Waals surface area (Å²) in [6.45, 7) is 2.11. The van der Waals surface area contributed by atoms with Gasteiger partial charge in [-0.3, -0.25) is 4.79 Å². The fourth-order valence-electron chi connectivity index (χ4n) is 3.40. The molecule has 0 radical (unpaired) electrons. The molecule has 2 saturated heterocycles. The summed E-state index contributed by atoms with van der Waals surface area (Å²) in [5.74, 6) is -0.314. The van der Waals surface area contributed by atoms with Gasteiger partial charge in [0.05, 0.1) is 28.8 Å². The Morgan fingerprint density at radius 2 is 1.96 bits per heavy atom. The lowest BCUT2D eigenvalue weighted by molar-refractivity contribution is -0.119. The van der Waals surface area contributed by atoms with Crippen molar-refractivity contribution in [3.63, 3.8) is 0 Å². The molecule has 1 N–H and O–H groups in total. The van der Waals surface area contributed by atoms with E-state index in [1.54, 1.807) is 18.2 Å². The summed E-state index contributed by atoms with van der Waals surface area (Å²) >= 11 is 0. The minimum atomic E-state index is -3.54. The molecule has 0 aliphatic carbocycles. The van der Waals surface area contributed by atoms with Crippen molar-refractivity contribution in [1.29, 1.82) is 0 Å². The Labute approximate surface area is 155 Å². The van der Waals surface area contributed by atoms with Crippen molar-refractivity contribution in [2.45, 2.75) is 30.6 Å². The molecule has 7 nitrogen and oxygen atoms in total. The third-order valence-electron chi connectivity index (χ3n) is 4.96. The molecule has 2 heterocycles. The van der Waals surface area contributed by atoms with Crippen molar-refractivity contribution in [2.75, 3.05) is 50.6 Å². The Morgan fingerprint density at radius 1 is 1.23 bits per heavy atom. The molecule has 1 unspecified atom stereocenters. The van der Waals surface area contributed by atoms with Gasteiger partial charge in [0.15, 0.2) is 0 Å². The monoisotopic (exact) mass is 381 g/mol. The molecule has 0 saturated carbocycles. The van der Waals surface area contributed by atoms with Gasteiger partial charge in [-0.25, -0.2) is 8.42 Å². The van der Waals surface area contributed by atoms with Gasteiger partial charge in [0.2, 0.25) is 15.9 Å². The first-order chi connectivity index (χ1) is 12.4. The van der Waals surface area contributed by atoms with Gasteiger partial charge in [0.1, 0.15) is 0 Å². The molecule has 1 atom stereocenters. The van der Waals surface area contributed by atoms with Gasteiger partial charge in [-0.2, -0.15) is 4.31 Å². The molecule has 3 rings (SSSR count). The summed E-state index contributed by atoms with van der Waals surface area (Å²) in [6, 6.07) is 4.94. The highest BCUT2D eigenvalue weighted by Gasteiger charge is 2.28. The van der Waals surface area contributed by atoms with E-state index >= 15 is 0 Å². The van der Waals surface area contributed by atoms with E-state index in [1.807, 2.05) is 19.0 Å². The number of piperidine rings is 1. The van der Waals surface area contributed by atoms with Crippen molar-refractivity contribution < 1.29 is 17.9 Å². The molecular formula is C18H27N3O4S. The zero-order valence-electron chi connectivity index (χ0n) is 15.4. The van der Waals surface area contributed by atoms with Crippen LogP contribution >= 0.6 is 0 Å². The highest BCUT2D eigenvalue weighted by Crippen LogP contribution is 2.30. The van der Waals surface area contributed by atoms with Gasteiger partial charge >= 0.3 is 0 Å². The van der Waals surface area contributed by atoms with Crippen molar-refractivity contribution in [1.82, 2.24) is 4.31 Å². The maximum absolute atomic E-state index is 12.9. The maximum Gasteiger partial charge on any atom is 0.243 e. The third kappa shape index (κ3) is 4.02. The Bertz CT molecular complexity index is 752. The van der Waals surface area contributed by atoms with Gasteiger partial charge in [-0.15, -0.1) is 0 Å². The second-order valence-electron chi connectivity index (χ2n) is 7.09. The van der Waals surface area contributed by atoms with E-state index in [-0.39, 0.29) is 16.7 Å². The molecule has 0 spiro atoms. The number of nitrogens with one attached hydrogen (secondary N) is 1. The van der Waals surface area contributed by atoms with Crippen LogP contribution in [0.25, 0.3) is 0 Å².